The van der Waals surface area contributed by atoms with Gasteiger partial charge in [0.1, 0.15) is 0 Å². The Hall–Kier alpha value is 0.190. The van der Waals surface area contributed by atoms with Crippen molar-refractivity contribution in [2.24, 2.45) is 0 Å². The molecule has 4 saturated heterocycles. The van der Waals surface area contributed by atoms with Crippen LogP contribution in [0, 0.1) is 0 Å². The van der Waals surface area contributed by atoms with E-state index in [2.05, 4.69) is 16.7 Å². The number of thioether (sulfide) groups is 1. The Bertz CT molecular complexity index is 319. The van der Waals surface area contributed by atoms with E-state index in [1.54, 1.807) is 0 Å². The highest BCUT2D eigenvalue weighted by atomic mass is 32.2. The van der Waals surface area contributed by atoms with Gasteiger partial charge in [0.05, 0.1) is 25.4 Å². The molecule has 20 heavy (non-hydrogen) atoms. The molecule has 4 nitrogen and oxygen atoms in total. The topological polar surface area (TPSA) is 30.9 Å². The smallest absolute Gasteiger partial charge is 0.181 e. The summed E-state index contributed by atoms with van der Waals surface area (Å²) >= 11 is 2.05. The van der Waals surface area contributed by atoms with Crippen molar-refractivity contribution >= 4 is 11.8 Å². The van der Waals surface area contributed by atoms with Crippen LogP contribution in [0.25, 0.3) is 0 Å². The highest BCUT2D eigenvalue weighted by Crippen LogP contribution is 2.41. The number of ether oxygens (including phenoxy) is 3. The minimum atomic E-state index is -0.284. The van der Waals surface area contributed by atoms with Gasteiger partial charge in [-0.05, 0) is 38.0 Å². The molecule has 2 spiro atoms. The molecule has 4 aliphatic rings. The number of rotatable bonds is 1. The number of nitrogens with zero attached hydrogens (tertiary/aromatic N) is 1. The van der Waals surface area contributed by atoms with Crippen LogP contribution in [-0.4, -0.2) is 66.7 Å². The Labute approximate surface area is 125 Å². The third-order valence-electron chi connectivity index (χ3n) is 5.31. The van der Waals surface area contributed by atoms with E-state index >= 15 is 0 Å². The molecule has 114 valence electrons. The normalized spacial score (nSPS) is 41.7. The van der Waals surface area contributed by atoms with Crippen molar-refractivity contribution in [3.05, 3.63) is 0 Å². The Morgan fingerprint density at radius 2 is 1.95 bits per heavy atom. The molecule has 5 heteroatoms. The summed E-state index contributed by atoms with van der Waals surface area (Å²) < 4.78 is 18.0. The highest BCUT2D eigenvalue weighted by molar-refractivity contribution is 7.99. The van der Waals surface area contributed by atoms with Gasteiger partial charge in [0.25, 0.3) is 0 Å². The first-order chi connectivity index (χ1) is 9.79. The summed E-state index contributed by atoms with van der Waals surface area (Å²) in [6.07, 6.45) is 5.87. The Kier molecular flexibility index (Phi) is 3.75. The summed E-state index contributed by atoms with van der Waals surface area (Å²) in [5, 5.41) is 0. The van der Waals surface area contributed by atoms with E-state index in [4.69, 9.17) is 14.2 Å². The van der Waals surface area contributed by atoms with Gasteiger partial charge in [-0.25, -0.2) is 0 Å². The van der Waals surface area contributed by atoms with Gasteiger partial charge in [0.2, 0.25) is 0 Å². The van der Waals surface area contributed by atoms with Crippen LogP contribution in [0.15, 0.2) is 0 Å². The van der Waals surface area contributed by atoms with Gasteiger partial charge < -0.3 is 14.2 Å². The molecule has 0 aromatic heterocycles. The van der Waals surface area contributed by atoms with E-state index in [1.807, 2.05) is 0 Å². The Morgan fingerprint density at radius 1 is 1.05 bits per heavy atom. The second-order valence-electron chi connectivity index (χ2n) is 6.66. The lowest BCUT2D eigenvalue weighted by molar-refractivity contribution is -0.201. The van der Waals surface area contributed by atoms with Crippen molar-refractivity contribution in [2.75, 3.05) is 44.4 Å². The first-order valence-electron chi connectivity index (χ1n) is 8.03. The van der Waals surface area contributed by atoms with E-state index in [9.17, 15) is 0 Å². The summed E-state index contributed by atoms with van der Waals surface area (Å²) in [4.78, 5) is 2.63. The zero-order valence-electron chi connectivity index (χ0n) is 12.1. The van der Waals surface area contributed by atoms with Crippen molar-refractivity contribution < 1.29 is 14.2 Å². The van der Waals surface area contributed by atoms with Crippen LogP contribution in [0.2, 0.25) is 0 Å². The molecular formula is C15H25NO3S. The summed E-state index contributed by atoms with van der Waals surface area (Å²) in [6, 6.07) is 0.660. The molecular weight excluding hydrogens is 274 g/mol. The van der Waals surface area contributed by atoms with E-state index < -0.39 is 0 Å². The summed E-state index contributed by atoms with van der Waals surface area (Å²) in [5.74, 6) is 2.17. The summed E-state index contributed by atoms with van der Waals surface area (Å²) in [7, 11) is 0. The molecule has 0 saturated carbocycles. The molecule has 4 rings (SSSR count). The first kappa shape index (κ1) is 13.8. The zero-order valence-corrected chi connectivity index (χ0v) is 13.0. The van der Waals surface area contributed by atoms with E-state index in [-0.39, 0.29) is 11.4 Å². The largest absolute Gasteiger partial charge is 0.374 e. The molecule has 0 amide bonds. The second-order valence-corrected chi connectivity index (χ2v) is 7.77. The minimum Gasteiger partial charge on any atom is -0.374 e. The van der Waals surface area contributed by atoms with E-state index in [0.29, 0.717) is 6.04 Å². The molecule has 0 aromatic rings. The maximum atomic E-state index is 6.15. The number of likely N-dealkylation sites (tertiary alicyclic amines) is 1. The molecule has 4 fully saturated rings. The monoisotopic (exact) mass is 299 g/mol. The quantitative estimate of drug-likeness (QED) is 0.738. The first-order valence-corrected chi connectivity index (χ1v) is 9.19. The van der Waals surface area contributed by atoms with Gasteiger partial charge in [-0.15, -0.1) is 0 Å². The molecule has 0 N–H and O–H groups in total. The molecule has 0 bridgehead atoms. The summed E-state index contributed by atoms with van der Waals surface area (Å²) in [6.45, 7) is 4.62. The number of hydrogen-bond acceptors (Lipinski definition) is 5. The SMILES string of the molecule is C1CN(C2CCOC3(CCSC3)C2)CC2(C1)OCCO2. The van der Waals surface area contributed by atoms with Crippen molar-refractivity contribution in [3.63, 3.8) is 0 Å². The average molecular weight is 299 g/mol. The molecule has 4 aliphatic heterocycles. The zero-order chi connectivity index (χ0) is 13.5. The third-order valence-corrected chi connectivity index (χ3v) is 6.53. The molecule has 2 atom stereocenters. The van der Waals surface area contributed by atoms with Gasteiger partial charge in [0.15, 0.2) is 5.79 Å². The van der Waals surface area contributed by atoms with Crippen LogP contribution in [0.4, 0.5) is 0 Å². The third kappa shape index (κ3) is 2.52. The fourth-order valence-corrected chi connectivity index (χ4v) is 5.62. The summed E-state index contributed by atoms with van der Waals surface area (Å²) in [5.41, 5.74) is 0.176. The standard InChI is InChI=1S/C15H25NO3S/c1-3-15(18-7-8-19-15)11-16(5-1)13-2-6-17-14(10-13)4-9-20-12-14/h13H,1-12H2. The molecule has 4 heterocycles. The van der Waals surface area contributed by atoms with Crippen LogP contribution in [0.3, 0.4) is 0 Å². The van der Waals surface area contributed by atoms with Crippen LogP contribution in [0.1, 0.15) is 32.1 Å². The molecule has 0 aromatic carbocycles. The van der Waals surface area contributed by atoms with Crippen molar-refractivity contribution in [2.45, 2.75) is 49.5 Å². The minimum absolute atomic E-state index is 0.176. The van der Waals surface area contributed by atoms with E-state index in [1.165, 1.54) is 43.7 Å². The van der Waals surface area contributed by atoms with Gasteiger partial charge in [0, 0.05) is 24.8 Å². The molecule has 0 aliphatic carbocycles. The average Bonchev–Trinajstić information content (AvgIpc) is 3.10. The van der Waals surface area contributed by atoms with Gasteiger partial charge in [-0.2, -0.15) is 11.8 Å². The van der Waals surface area contributed by atoms with Crippen LogP contribution in [-0.2, 0) is 14.2 Å². The number of piperidine rings is 1. The maximum Gasteiger partial charge on any atom is 0.181 e. The molecule has 0 radical (unpaired) electrons. The lowest BCUT2D eigenvalue weighted by atomic mass is 9.87. The van der Waals surface area contributed by atoms with Crippen molar-refractivity contribution in [1.29, 1.82) is 0 Å². The van der Waals surface area contributed by atoms with Crippen molar-refractivity contribution in [3.8, 4) is 0 Å². The highest BCUT2D eigenvalue weighted by Gasteiger charge is 2.46. The lowest BCUT2D eigenvalue weighted by Crippen LogP contribution is -2.56. The predicted molar refractivity (Wildman–Crippen MR) is 79.1 cm³/mol. The van der Waals surface area contributed by atoms with Gasteiger partial charge in [-0.1, -0.05) is 0 Å². The van der Waals surface area contributed by atoms with Crippen LogP contribution >= 0.6 is 11.8 Å². The fraction of sp³-hybridized carbons (Fsp3) is 1.00. The van der Waals surface area contributed by atoms with Crippen molar-refractivity contribution in [1.82, 2.24) is 4.90 Å². The van der Waals surface area contributed by atoms with E-state index in [0.717, 1.165) is 32.8 Å². The predicted octanol–water partition coefficient (Wildman–Crippen LogP) is 1.88. The van der Waals surface area contributed by atoms with Gasteiger partial charge in [-0.3, -0.25) is 4.90 Å². The van der Waals surface area contributed by atoms with Crippen LogP contribution < -0.4 is 0 Å². The lowest BCUT2D eigenvalue weighted by Gasteiger charge is -2.47. The number of hydrogen-bond donors (Lipinski definition) is 0. The van der Waals surface area contributed by atoms with Gasteiger partial charge >= 0.3 is 0 Å². The second kappa shape index (κ2) is 5.43. The molecule has 2 unspecified atom stereocenters. The van der Waals surface area contributed by atoms with Crippen LogP contribution in [0.5, 0.6) is 0 Å². The Balaban J connectivity index is 1.44. The maximum absolute atomic E-state index is 6.15. The fourth-order valence-electron chi connectivity index (χ4n) is 4.24. The Morgan fingerprint density at radius 3 is 2.75 bits per heavy atom.